The predicted octanol–water partition coefficient (Wildman–Crippen LogP) is -0.233. The zero-order chi connectivity index (χ0) is 20.8. The van der Waals surface area contributed by atoms with Crippen LogP contribution in [0.2, 0.25) is 0 Å². The van der Waals surface area contributed by atoms with Crippen molar-refractivity contribution < 1.29 is 19.1 Å². The van der Waals surface area contributed by atoms with Gasteiger partial charge in [0.1, 0.15) is 13.1 Å². The van der Waals surface area contributed by atoms with Crippen molar-refractivity contribution in [1.82, 2.24) is 15.2 Å². The van der Waals surface area contributed by atoms with Crippen LogP contribution in [0, 0.1) is 0 Å². The van der Waals surface area contributed by atoms with Gasteiger partial charge in [-0.2, -0.15) is 0 Å². The molecule has 0 atom stereocenters. The number of aromatic nitrogens is 1. The molecule has 1 aromatic carbocycles. The molecule has 0 unspecified atom stereocenters. The SMILES string of the molecule is CNC(=S)N(CC[NH+]1CCOCC1)Cc1cc2cc(OC)c(OC)cc2[nH]c1=O. The molecule has 2 aromatic rings. The van der Waals surface area contributed by atoms with Crippen molar-refractivity contribution in [2.24, 2.45) is 0 Å². The molecule has 8 nitrogen and oxygen atoms in total. The summed E-state index contributed by atoms with van der Waals surface area (Å²) in [6.07, 6.45) is 0. The molecule has 0 saturated carbocycles. The maximum atomic E-state index is 12.7. The number of quaternary nitrogens is 1. The number of hydrogen-bond donors (Lipinski definition) is 3. The van der Waals surface area contributed by atoms with E-state index >= 15 is 0 Å². The Morgan fingerprint density at radius 2 is 1.93 bits per heavy atom. The first-order valence-corrected chi connectivity index (χ1v) is 10.1. The minimum atomic E-state index is -0.132. The van der Waals surface area contributed by atoms with E-state index in [1.165, 1.54) is 4.90 Å². The van der Waals surface area contributed by atoms with Crippen LogP contribution in [0.15, 0.2) is 23.0 Å². The monoisotopic (exact) mass is 421 g/mol. The van der Waals surface area contributed by atoms with Crippen LogP contribution in [0.25, 0.3) is 10.9 Å². The summed E-state index contributed by atoms with van der Waals surface area (Å²) in [6, 6.07) is 5.53. The zero-order valence-electron chi connectivity index (χ0n) is 17.2. The minimum absolute atomic E-state index is 0.132. The highest BCUT2D eigenvalue weighted by atomic mass is 32.1. The van der Waals surface area contributed by atoms with Crippen LogP contribution in [0.4, 0.5) is 0 Å². The first-order chi connectivity index (χ1) is 14.0. The van der Waals surface area contributed by atoms with E-state index in [0.717, 1.165) is 44.8 Å². The highest BCUT2D eigenvalue weighted by molar-refractivity contribution is 7.80. The highest BCUT2D eigenvalue weighted by Crippen LogP contribution is 2.31. The number of nitrogens with zero attached hydrogens (tertiary/aromatic N) is 1. The van der Waals surface area contributed by atoms with Crippen LogP contribution >= 0.6 is 12.2 Å². The van der Waals surface area contributed by atoms with Crippen molar-refractivity contribution in [1.29, 1.82) is 0 Å². The van der Waals surface area contributed by atoms with Gasteiger partial charge in [-0.3, -0.25) is 4.79 Å². The first-order valence-electron chi connectivity index (χ1n) is 9.71. The second-order valence-electron chi connectivity index (χ2n) is 7.01. The topological polar surface area (TPSA) is 80.3 Å². The fraction of sp³-hybridized carbons (Fsp3) is 0.500. The number of benzene rings is 1. The molecular formula is C20H29N4O4S+. The quantitative estimate of drug-likeness (QED) is 0.533. The smallest absolute Gasteiger partial charge is 0.253 e. The van der Waals surface area contributed by atoms with Gasteiger partial charge < -0.3 is 34.3 Å². The number of pyridine rings is 1. The van der Waals surface area contributed by atoms with E-state index in [2.05, 4.69) is 10.3 Å². The van der Waals surface area contributed by atoms with Crippen molar-refractivity contribution in [3.63, 3.8) is 0 Å². The molecule has 0 spiro atoms. The van der Waals surface area contributed by atoms with E-state index in [1.54, 1.807) is 27.3 Å². The summed E-state index contributed by atoms with van der Waals surface area (Å²) >= 11 is 5.49. The predicted molar refractivity (Wildman–Crippen MR) is 116 cm³/mol. The number of ether oxygens (including phenoxy) is 3. The van der Waals surface area contributed by atoms with Gasteiger partial charge in [0.2, 0.25) is 0 Å². The van der Waals surface area contributed by atoms with Gasteiger partial charge in [0.15, 0.2) is 16.6 Å². The molecule has 9 heteroatoms. The Bertz CT molecular complexity index is 911. The van der Waals surface area contributed by atoms with E-state index in [4.69, 9.17) is 26.4 Å². The van der Waals surface area contributed by atoms with Crippen LogP contribution in [0.5, 0.6) is 11.5 Å². The Kier molecular flexibility index (Phi) is 7.29. The zero-order valence-corrected chi connectivity index (χ0v) is 18.0. The maximum Gasteiger partial charge on any atom is 0.253 e. The molecule has 0 amide bonds. The van der Waals surface area contributed by atoms with E-state index in [0.29, 0.717) is 34.2 Å². The molecule has 158 valence electrons. The summed E-state index contributed by atoms with van der Waals surface area (Å²) in [4.78, 5) is 19.2. The number of thiocarbonyl (C=S) groups is 1. The third-order valence-electron chi connectivity index (χ3n) is 5.22. The maximum absolute atomic E-state index is 12.7. The molecule has 3 N–H and O–H groups in total. The van der Waals surface area contributed by atoms with Crippen LogP contribution in [0.1, 0.15) is 5.56 Å². The standard InChI is InChI=1S/C20H28N4O4S/c1-21-20(29)24(5-4-23-6-8-28-9-7-23)13-15-10-14-11-17(26-2)18(27-3)12-16(14)22-19(15)25/h10-12H,4-9,13H2,1-3H3,(H,21,29)(H,22,25)/p+1. The van der Waals surface area contributed by atoms with Crippen molar-refractivity contribution in [3.8, 4) is 11.5 Å². The Hall–Kier alpha value is -2.36. The fourth-order valence-electron chi connectivity index (χ4n) is 3.51. The summed E-state index contributed by atoms with van der Waals surface area (Å²) in [5.74, 6) is 1.20. The van der Waals surface area contributed by atoms with Crippen LogP contribution in [-0.4, -0.2) is 75.7 Å². The van der Waals surface area contributed by atoms with Crippen LogP contribution in [-0.2, 0) is 11.3 Å². The molecule has 1 fully saturated rings. The van der Waals surface area contributed by atoms with Crippen molar-refractivity contribution in [2.45, 2.75) is 6.54 Å². The van der Waals surface area contributed by atoms with E-state index in [9.17, 15) is 4.79 Å². The van der Waals surface area contributed by atoms with Gasteiger partial charge in [-0.15, -0.1) is 0 Å². The number of fused-ring (bicyclic) bond motifs is 1. The van der Waals surface area contributed by atoms with Crippen molar-refractivity contribution >= 4 is 28.2 Å². The van der Waals surface area contributed by atoms with Gasteiger partial charge in [-0.25, -0.2) is 0 Å². The average Bonchev–Trinajstić information content (AvgIpc) is 2.76. The summed E-state index contributed by atoms with van der Waals surface area (Å²) in [5, 5.41) is 4.55. The average molecular weight is 422 g/mol. The van der Waals surface area contributed by atoms with E-state index in [-0.39, 0.29) is 5.56 Å². The number of morpholine rings is 1. The van der Waals surface area contributed by atoms with Crippen LogP contribution < -0.4 is 25.2 Å². The number of aromatic amines is 1. The van der Waals surface area contributed by atoms with Crippen molar-refractivity contribution in [3.05, 3.63) is 34.1 Å². The third-order valence-corrected chi connectivity index (χ3v) is 5.69. The third kappa shape index (κ3) is 5.17. The molecule has 0 radical (unpaired) electrons. The Morgan fingerprint density at radius 3 is 2.59 bits per heavy atom. The Labute approximate surface area is 175 Å². The minimum Gasteiger partial charge on any atom is -0.493 e. The van der Waals surface area contributed by atoms with Crippen molar-refractivity contribution in [2.75, 3.05) is 60.7 Å². The first kappa shape index (κ1) is 21.4. The lowest BCUT2D eigenvalue weighted by molar-refractivity contribution is -0.907. The van der Waals surface area contributed by atoms with Gasteiger partial charge >= 0.3 is 0 Å². The number of nitrogens with one attached hydrogen (secondary N) is 3. The molecule has 1 saturated heterocycles. The number of hydrogen-bond acceptors (Lipinski definition) is 5. The molecule has 3 rings (SSSR count). The summed E-state index contributed by atoms with van der Waals surface area (Å²) in [7, 11) is 4.97. The number of methoxy groups -OCH3 is 2. The molecule has 1 aromatic heterocycles. The molecule has 1 aliphatic heterocycles. The van der Waals surface area contributed by atoms with E-state index in [1.807, 2.05) is 17.0 Å². The van der Waals surface area contributed by atoms with Gasteiger partial charge in [-0.1, -0.05) is 0 Å². The Balaban J connectivity index is 1.82. The summed E-state index contributed by atoms with van der Waals surface area (Å²) in [5.41, 5.74) is 1.23. The lowest BCUT2D eigenvalue weighted by Crippen LogP contribution is -3.14. The van der Waals surface area contributed by atoms with Crippen LogP contribution in [0.3, 0.4) is 0 Å². The molecule has 29 heavy (non-hydrogen) atoms. The normalized spacial score (nSPS) is 14.6. The lowest BCUT2D eigenvalue weighted by Gasteiger charge is -2.29. The second-order valence-corrected chi connectivity index (χ2v) is 7.39. The lowest BCUT2D eigenvalue weighted by atomic mass is 10.1. The summed E-state index contributed by atoms with van der Waals surface area (Å²) in [6.45, 7) is 5.72. The van der Waals surface area contributed by atoms with Gasteiger partial charge in [-0.05, 0) is 24.4 Å². The molecule has 1 aliphatic rings. The van der Waals surface area contributed by atoms with E-state index < -0.39 is 0 Å². The van der Waals surface area contributed by atoms with Gasteiger partial charge in [0.25, 0.3) is 5.56 Å². The van der Waals surface area contributed by atoms with Gasteiger partial charge in [0.05, 0.1) is 52.6 Å². The second kappa shape index (κ2) is 9.91. The number of H-pyrrole nitrogens is 1. The Morgan fingerprint density at radius 1 is 1.24 bits per heavy atom. The highest BCUT2D eigenvalue weighted by Gasteiger charge is 2.18. The molecule has 2 heterocycles. The molecule has 0 aliphatic carbocycles. The van der Waals surface area contributed by atoms with Gasteiger partial charge in [0, 0.05) is 24.1 Å². The largest absolute Gasteiger partial charge is 0.493 e. The number of rotatable bonds is 7. The summed E-state index contributed by atoms with van der Waals surface area (Å²) < 4.78 is 16.1. The fourth-order valence-corrected chi connectivity index (χ4v) is 3.67. The molecule has 0 bridgehead atoms. The molecular weight excluding hydrogens is 392 g/mol.